The molecule has 0 radical (unpaired) electrons. The SMILES string of the molecule is CCCCc1cc2c(c(O)c1C(=O)O)[C@@H]1[C@H]3C(CC[C@@]3(C)O2)C1(C)C. The fraction of sp³-hybridized carbons (Fsp3) is 0.667. The zero-order valence-electron chi connectivity index (χ0n) is 15.6. The maximum absolute atomic E-state index is 11.9. The number of hydrogen-bond donors (Lipinski definition) is 2. The standard InChI is InChI=1S/C21H28O4/c1-5-6-7-11-10-13-15(18(22)14(11)19(23)24)17-16-12(20(17,2)3)8-9-21(16,4)25-13/h10,12,16-17,22H,5-9H2,1-4H3,(H,23,24)/t12?,16-,17-,21-/m1/s1. The molecule has 2 saturated carbocycles. The number of hydrogen-bond acceptors (Lipinski definition) is 3. The number of aryl methyl sites for hydroxylation is 1. The number of aromatic carboxylic acids is 1. The molecule has 0 amide bonds. The number of carbonyl (C=O) groups is 1. The van der Waals surface area contributed by atoms with Crippen LogP contribution in [0.3, 0.4) is 0 Å². The molecule has 4 atom stereocenters. The van der Waals surface area contributed by atoms with Crippen LogP contribution >= 0.6 is 0 Å². The van der Waals surface area contributed by atoms with Crippen LogP contribution in [0.4, 0.5) is 0 Å². The van der Waals surface area contributed by atoms with E-state index in [1.54, 1.807) is 0 Å². The molecule has 25 heavy (non-hydrogen) atoms. The maximum atomic E-state index is 11.9. The summed E-state index contributed by atoms with van der Waals surface area (Å²) in [5, 5.41) is 20.7. The number of unbranched alkanes of at least 4 members (excludes halogenated alkanes) is 1. The summed E-state index contributed by atoms with van der Waals surface area (Å²) in [5.74, 6) is 0.756. The molecule has 0 aromatic heterocycles. The largest absolute Gasteiger partial charge is 0.507 e. The number of carboxylic acids is 1. The molecular formula is C21H28O4. The zero-order chi connectivity index (χ0) is 18.1. The molecular weight excluding hydrogens is 316 g/mol. The van der Waals surface area contributed by atoms with Crippen molar-refractivity contribution in [3.63, 3.8) is 0 Å². The van der Waals surface area contributed by atoms with Gasteiger partial charge >= 0.3 is 5.97 Å². The third kappa shape index (κ3) is 2.03. The van der Waals surface area contributed by atoms with Gasteiger partial charge in [0.1, 0.15) is 22.7 Å². The van der Waals surface area contributed by atoms with E-state index in [0.717, 1.165) is 31.2 Å². The van der Waals surface area contributed by atoms with E-state index in [9.17, 15) is 15.0 Å². The van der Waals surface area contributed by atoms with Gasteiger partial charge in [-0.3, -0.25) is 0 Å². The van der Waals surface area contributed by atoms with Crippen molar-refractivity contribution in [2.24, 2.45) is 17.3 Å². The quantitative estimate of drug-likeness (QED) is 0.828. The van der Waals surface area contributed by atoms with Gasteiger partial charge in [-0.05, 0) is 55.6 Å². The molecule has 2 fully saturated rings. The summed E-state index contributed by atoms with van der Waals surface area (Å²) in [4.78, 5) is 11.9. The summed E-state index contributed by atoms with van der Waals surface area (Å²) in [7, 11) is 0. The smallest absolute Gasteiger partial charge is 0.339 e. The van der Waals surface area contributed by atoms with Crippen LogP contribution < -0.4 is 4.74 Å². The lowest BCUT2D eigenvalue weighted by Gasteiger charge is -2.62. The Labute approximate surface area is 149 Å². The first-order chi connectivity index (χ1) is 11.7. The van der Waals surface area contributed by atoms with Crippen molar-refractivity contribution in [3.8, 4) is 11.5 Å². The van der Waals surface area contributed by atoms with Gasteiger partial charge in [0.2, 0.25) is 0 Å². The van der Waals surface area contributed by atoms with Gasteiger partial charge in [0.25, 0.3) is 0 Å². The van der Waals surface area contributed by atoms with E-state index >= 15 is 0 Å². The van der Waals surface area contributed by atoms with Crippen molar-refractivity contribution in [2.45, 2.75) is 71.3 Å². The van der Waals surface area contributed by atoms with Crippen molar-refractivity contribution in [1.82, 2.24) is 0 Å². The molecule has 4 heteroatoms. The summed E-state index contributed by atoms with van der Waals surface area (Å²) in [6.45, 7) is 8.78. The highest BCUT2D eigenvalue weighted by Crippen LogP contribution is 2.74. The van der Waals surface area contributed by atoms with Gasteiger partial charge in [0, 0.05) is 17.4 Å². The van der Waals surface area contributed by atoms with Crippen molar-refractivity contribution in [2.75, 3.05) is 0 Å². The van der Waals surface area contributed by atoms with Crippen molar-refractivity contribution >= 4 is 5.97 Å². The normalized spacial score (nSPS) is 33.8. The molecule has 0 spiro atoms. The molecule has 2 N–H and O–H groups in total. The van der Waals surface area contributed by atoms with Crippen LogP contribution in [0.15, 0.2) is 6.07 Å². The molecule has 1 aromatic rings. The number of fused-ring (bicyclic) bond motifs is 2. The highest BCUT2D eigenvalue weighted by molar-refractivity contribution is 5.94. The zero-order valence-corrected chi connectivity index (χ0v) is 15.6. The molecule has 4 nitrogen and oxygen atoms in total. The second-order valence-electron chi connectivity index (χ2n) is 8.96. The van der Waals surface area contributed by atoms with Crippen LogP contribution in [0.2, 0.25) is 0 Å². The number of ether oxygens (including phenoxy) is 1. The fourth-order valence-corrected chi connectivity index (χ4v) is 6.03. The molecule has 1 unspecified atom stereocenters. The summed E-state index contributed by atoms with van der Waals surface area (Å²) in [5.41, 5.74) is 1.40. The van der Waals surface area contributed by atoms with Crippen LogP contribution in [0.25, 0.3) is 0 Å². The Balaban J connectivity index is 1.90. The van der Waals surface area contributed by atoms with Gasteiger partial charge in [-0.15, -0.1) is 0 Å². The monoisotopic (exact) mass is 344 g/mol. The predicted octanol–water partition coefficient (Wildman–Crippen LogP) is 4.73. The van der Waals surface area contributed by atoms with E-state index < -0.39 is 5.97 Å². The van der Waals surface area contributed by atoms with Crippen molar-refractivity contribution in [3.05, 3.63) is 22.8 Å². The Morgan fingerprint density at radius 2 is 2.08 bits per heavy atom. The van der Waals surface area contributed by atoms with Gasteiger partial charge in [-0.25, -0.2) is 4.79 Å². The summed E-state index contributed by atoms with van der Waals surface area (Å²) in [6.07, 6.45) is 4.71. The van der Waals surface area contributed by atoms with E-state index in [2.05, 4.69) is 27.7 Å². The van der Waals surface area contributed by atoms with E-state index in [1.807, 2.05) is 6.07 Å². The number of aromatic hydroxyl groups is 1. The molecule has 136 valence electrons. The minimum absolute atomic E-state index is 0.0541. The third-order valence-electron chi connectivity index (χ3n) is 7.26. The van der Waals surface area contributed by atoms with Gasteiger partial charge in [0.05, 0.1) is 0 Å². The van der Waals surface area contributed by atoms with E-state index in [1.165, 1.54) is 0 Å². The Morgan fingerprint density at radius 1 is 1.36 bits per heavy atom. The lowest BCUT2D eigenvalue weighted by molar-refractivity contribution is -0.121. The molecule has 4 rings (SSSR count). The van der Waals surface area contributed by atoms with Crippen molar-refractivity contribution < 1.29 is 19.7 Å². The average Bonchev–Trinajstić information content (AvgIpc) is 2.86. The molecule has 0 saturated heterocycles. The van der Waals surface area contributed by atoms with Gasteiger partial charge in [0.15, 0.2) is 0 Å². The first-order valence-corrected chi connectivity index (χ1v) is 9.53. The van der Waals surface area contributed by atoms with Crippen LogP contribution in [0.1, 0.15) is 80.8 Å². The molecule has 1 heterocycles. The second kappa shape index (κ2) is 5.15. The predicted molar refractivity (Wildman–Crippen MR) is 95.4 cm³/mol. The van der Waals surface area contributed by atoms with Crippen LogP contribution in [-0.4, -0.2) is 21.8 Å². The first-order valence-electron chi connectivity index (χ1n) is 9.53. The van der Waals surface area contributed by atoms with Crippen LogP contribution in [0.5, 0.6) is 11.5 Å². The maximum Gasteiger partial charge on any atom is 0.339 e. The number of rotatable bonds is 4. The van der Waals surface area contributed by atoms with Gasteiger partial charge in [-0.1, -0.05) is 27.2 Å². The van der Waals surface area contributed by atoms with Crippen molar-refractivity contribution in [1.29, 1.82) is 0 Å². The topological polar surface area (TPSA) is 66.8 Å². The number of carboxylic acid groups (broad SMARTS) is 1. The lowest BCUT2D eigenvalue weighted by Crippen LogP contribution is -2.59. The Bertz CT molecular complexity index is 751. The van der Waals surface area contributed by atoms with Crippen LogP contribution in [0, 0.1) is 17.3 Å². The molecule has 2 aliphatic carbocycles. The van der Waals surface area contributed by atoms with E-state index in [4.69, 9.17) is 4.74 Å². The Hall–Kier alpha value is -1.71. The Kier molecular flexibility index (Phi) is 3.45. The Morgan fingerprint density at radius 3 is 2.72 bits per heavy atom. The number of benzene rings is 1. The summed E-state index contributed by atoms with van der Waals surface area (Å²) in [6, 6.07) is 1.90. The molecule has 1 aliphatic heterocycles. The minimum Gasteiger partial charge on any atom is -0.507 e. The van der Waals surface area contributed by atoms with Crippen LogP contribution in [-0.2, 0) is 6.42 Å². The fourth-order valence-electron chi connectivity index (χ4n) is 6.03. The molecule has 0 bridgehead atoms. The lowest BCUT2D eigenvalue weighted by atomic mass is 9.45. The molecule has 1 aromatic carbocycles. The third-order valence-corrected chi connectivity index (χ3v) is 7.26. The summed E-state index contributed by atoms with van der Waals surface area (Å²) >= 11 is 0. The second-order valence-corrected chi connectivity index (χ2v) is 8.96. The highest BCUT2D eigenvalue weighted by Gasteiger charge is 2.69. The highest BCUT2D eigenvalue weighted by atomic mass is 16.5. The summed E-state index contributed by atoms with van der Waals surface area (Å²) < 4.78 is 6.42. The van der Waals surface area contributed by atoms with E-state index in [-0.39, 0.29) is 28.2 Å². The average molecular weight is 344 g/mol. The number of phenols is 1. The molecule has 3 aliphatic rings. The van der Waals surface area contributed by atoms with Gasteiger partial charge in [-0.2, -0.15) is 0 Å². The van der Waals surface area contributed by atoms with E-state index in [0.29, 0.717) is 29.6 Å². The van der Waals surface area contributed by atoms with Gasteiger partial charge < -0.3 is 14.9 Å². The minimum atomic E-state index is -1.04. The first kappa shape index (κ1) is 16.7.